The van der Waals surface area contributed by atoms with Gasteiger partial charge in [0.1, 0.15) is 0 Å². The van der Waals surface area contributed by atoms with Gasteiger partial charge in [-0.15, -0.1) is 0 Å². The maximum atomic E-state index is 13.9. The number of carboxylic acids is 1. The second kappa shape index (κ2) is 5.52. The van der Waals surface area contributed by atoms with Crippen molar-refractivity contribution in [3.63, 3.8) is 0 Å². The van der Waals surface area contributed by atoms with Gasteiger partial charge in [0, 0.05) is 19.6 Å². The maximum absolute atomic E-state index is 13.9. The van der Waals surface area contributed by atoms with Crippen molar-refractivity contribution >= 4 is 11.7 Å². The Morgan fingerprint density at radius 3 is 2.58 bits per heavy atom. The largest absolute Gasteiger partial charge is 0.478 e. The molecule has 0 aliphatic carbocycles. The summed E-state index contributed by atoms with van der Waals surface area (Å²) in [4.78, 5) is 14.6. The first kappa shape index (κ1) is 13.7. The number of carbonyl (C=O) groups is 1. The Morgan fingerprint density at radius 2 is 1.89 bits per heavy atom. The Labute approximate surface area is 110 Å². The van der Waals surface area contributed by atoms with Crippen LogP contribution in [0.15, 0.2) is 12.1 Å². The van der Waals surface area contributed by atoms with Crippen LogP contribution >= 0.6 is 0 Å². The van der Waals surface area contributed by atoms with Crippen molar-refractivity contribution in [2.75, 3.05) is 38.1 Å². The summed E-state index contributed by atoms with van der Waals surface area (Å²) in [6, 6.07) is 2.46. The summed E-state index contributed by atoms with van der Waals surface area (Å²) in [7, 11) is 1.98. The summed E-state index contributed by atoms with van der Waals surface area (Å²) in [5.74, 6) is -3.83. The van der Waals surface area contributed by atoms with Crippen LogP contribution in [-0.4, -0.2) is 49.2 Å². The van der Waals surface area contributed by atoms with Gasteiger partial charge in [-0.25, -0.2) is 13.6 Å². The predicted octanol–water partition coefficient (Wildman–Crippen LogP) is 1.80. The van der Waals surface area contributed by atoms with E-state index in [0.29, 0.717) is 13.1 Å². The number of hydrogen-bond acceptors (Lipinski definition) is 3. The molecule has 1 aromatic carbocycles. The van der Waals surface area contributed by atoms with E-state index >= 15 is 0 Å². The molecule has 0 spiro atoms. The molecule has 0 unspecified atom stereocenters. The Balaban J connectivity index is 2.30. The van der Waals surface area contributed by atoms with Gasteiger partial charge in [-0.1, -0.05) is 0 Å². The molecule has 1 fully saturated rings. The first-order valence-electron chi connectivity index (χ1n) is 6.15. The number of carboxylic acid groups (broad SMARTS) is 1. The van der Waals surface area contributed by atoms with E-state index in [2.05, 4.69) is 4.90 Å². The number of likely N-dealkylation sites (N-methyl/N-ethyl adjacent to an activating group) is 1. The van der Waals surface area contributed by atoms with E-state index in [1.54, 1.807) is 4.90 Å². The number of anilines is 1. The number of halogens is 2. The molecule has 2 rings (SSSR count). The SMILES string of the molecule is CN1CCCN(c2ccc(C(=O)O)c(F)c2F)CC1. The summed E-state index contributed by atoms with van der Waals surface area (Å²) in [5, 5.41) is 8.74. The zero-order valence-electron chi connectivity index (χ0n) is 10.7. The average molecular weight is 270 g/mol. The van der Waals surface area contributed by atoms with Crippen LogP contribution in [0.4, 0.5) is 14.5 Å². The van der Waals surface area contributed by atoms with E-state index in [-0.39, 0.29) is 5.69 Å². The van der Waals surface area contributed by atoms with Crippen molar-refractivity contribution in [1.29, 1.82) is 0 Å². The van der Waals surface area contributed by atoms with Crippen molar-refractivity contribution in [3.8, 4) is 0 Å². The molecule has 6 heteroatoms. The van der Waals surface area contributed by atoms with Crippen LogP contribution in [-0.2, 0) is 0 Å². The number of rotatable bonds is 2. The summed E-state index contributed by atoms with van der Waals surface area (Å²) in [6.07, 6.45) is 0.859. The quantitative estimate of drug-likeness (QED) is 0.890. The van der Waals surface area contributed by atoms with Gasteiger partial charge in [-0.2, -0.15) is 0 Å². The molecule has 104 valence electrons. The van der Waals surface area contributed by atoms with Crippen molar-refractivity contribution in [1.82, 2.24) is 4.90 Å². The molecule has 0 amide bonds. The molecule has 1 saturated heterocycles. The molecule has 4 nitrogen and oxygen atoms in total. The minimum atomic E-state index is -1.46. The van der Waals surface area contributed by atoms with Gasteiger partial charge in [-0.3, -0.25) is 0 Å². The predicted molar refractivity (Wildman–Crippen MR) is 67.6 cm³/mol. The number of nitrogens with zero attached hydrogens (tertiary/aromatic N) is 2. The average Bonchev–Trinajstić information content (AvgIpc) is 2.57. The molecule has 1 aromatic rings. The van der Waals surface area contributed by atoms with E-state index in [1.807, 2.05) is 7.05 Å². The second-order valence-corrected chi connectivity index (χ2v) is 4.71. The molecular weight excluding hydrogens is 254 g/mol. The van der Waals surface area contributed by atoms with Crippen molar-refractivity contribution in [2.24, 2.45) is 0 Å². The minimum Gasteiger partial charge on any atom is -0.478 e. The van der Waals surface area contributed by atoms with Crippen LogP contribution < -0.4 is 4.90 Å². The summed E-state index contributed by atoms with van der Waals surface area (Å²) >= 11 is 0. The van der Waals surface area contributed by atoms with Crippen LogP contribution in [0.1, 0.15) is 16.8 Å². The fourth-order valence-electron chi connectivity index (χ4n) is 2.24. The lowest BCUT2D eigenvalue weighted by Crippen LogP contribution is -2.29. The lowest BCUT2D eigenvalue weighted by atomic mass is 10.1. The van der Waals surface area contributed by atoms with Crippen LogP contribution in [0.25, 0.3) is 0 Å². The number of hydrogen-bond donors (Lipinski definition) is 1. The highest BCUT2D eigenvalue weighted by molar-refractivity contribution is 5.88. The van der Waals surface area contributed by atoms with Crippen LogP contribution in [0.5, 0.6) is 0 Å². The number of aromatic carboxylic acids is 1. The summed E-state index contributed by atoms with van der Waals surface area (Å²) in [5.41, 5.74) is -0.494. The minimum absolute atomic E-state index is 0.137. The number of benzene rings is 1. The highest BCUT2D eigenvalue weighted by Crippen LogP contribution is 2.25. The van der Waals surface area contributed by atoms with Crippen LogP contribution in [0, 0.1) is 11.6 Å². The lowest BCUT2D eigenvalue weighted by molar-refractivity contribution is 0.0690. The van der Waals surface area contributed by atoms with Crippen molar-refractivity contribution < 1.29 is 18.7 Å². The highest BCUT2D eigenvalue weighted by Gasteiger charge is 2.22. The van der Waals surface area contributed by atoms with E-state index < -0.39 is 23.2 Å². The van der Waals surface area contributed by atoms with Gasteiger partial charge in [0.25, 0.3) is 0 Å². The molecule has 0 bridgehead atoms. The molecule has 1 aliphatic heterocycles. The third kappa shape index (κ3) is 2.84. The van der Waals surface area contributed by atoms with Gasteiger partial charge in [0.05, 0.1) is 11.3 Å². The normalized spacial score (nSPS) is 17.3. The molecule has 19 heavy (non-hydrogen) atoms. The van der Waals surface area contributed by atoms with Crippen molar-refractivity contribution in [2.45, 2.75) is 6.42 Å². The second-order valence-electron chi connectivity index (χ2n) is 4.71. The summed E-state index contributed by atoms with van der Waals surface area (Å²) in [6.45, 7) is 2.90. The maximum Gasteiger partial charge on any atom is 0.338 e. The first-order chi connectivity index (χ1) is 9.00. The topological polar surface area (TPSA) is 43.8 Å². The molecule has 0 saturated carbocycles. The van der Waals surface area contributed by atoms with E-state index in [9.17, 15) is 13.6 Å². The molecule has 1 aliphatic rings. The zero-order valence-corrected chi connectivity index (χ0v) is 10.7. The Bertz CT molecular complexity index is 494. The van der Waals surface area contributed by atoms with Gasteiger partial charge >= 0.3 is 5.97 Å². The third-order valence-electron chi connectivity index (χ3n) is 3.35. The first-order valence-corrected chi connectivity index (χ1v) is 6.15. The Morgan fingerprint density at radius 1 is 1.16 bits per heavy atom. The fraction of sp³-hybridized carbons (Fsp3) is 0.462. The molecule has 0 radical (unpaired) electrons. The summed E-state index contributed by atoms with van der Waals surface area (Å²) < 4.78 is 27.6. The Kier molecular flexibility index (Phi) is 3.99. The molecule has 0 atom stereocenters. The highest BCUT2D eigenvalue weighted by atomic mass is 19.2. The van der Waals surface area contributed by atoms with Crippen LogP contribution in [0.3, 0.4) is 0 Å². The van der Waals surface area contributed by atoms with Gasteiger partial charge in [0.15, 0.2) is 11.6 Å². The Hall–Kier alpha value is -1.69. The lowest BCUT2D eigenvalue weighted by Gasteiger charge is -2.23. The van der Waals surface area contributed by atoms with Crippen molar-refractivity contribution in [3.05, 3.63) is 29.3 Å². The zero-order chi connectivity index (χ0) is 14.0. The van der Waals surface area contributed by atoms with Gasteiger partial charge in [-0.05, 0) is 32.1 Å². The van der Waals surface area contributed by atoms with E-state index in [1.165, 1.54) is 6.07 Å². The smallest absolute Gasteiger partial charge is 0.338 e. The molecular formula is C13H16F2N2O2. The van der Waals surface area contributed by atoms with Gasteiger partial charge in [0.2, 0.25) is 0 Å². The van der Waals surface area contributed by atoms with E-state index in [0.717, 1.165) is 25.6 Å². The molecule has 1 N–H and O–H groups in total. The third-order valence-corrected chi connectivity index (χ3v) is 3.35. The fourth-order valence-corrected chi connectivity index (χ4v) is 2.24. The van der Waals surface area contributed by atoms with Crippen LogP contribution in [0.2, 0.25) is 0 Å². The molecule has 1 heterocycles. The van der Waals surface area contributed by atoms with E-state index in [4.69, 9.17) is 5.11 Å². The molecule has 0 aromatic heterocycles. The van der Waals surface area contributed by atoms with Gasteiger partial charge < -0.3 is 14.9 Å². The monoisotopic (exact) mass is 270 g/mol. The standard InChI is InChI=1S/C13H16F2N2O2/c1-16-5-2-6-17(8-7-16)10-4-3-9(13(18)19)11(14)12(10)15/h3-4H,2,5-8H2,1H3,(H,18,19).